The molecule has 2 amide bonds. The van der Waals surface area contributed by atoms with Gasteiger partial charge in [-0.05, 0) is 59.7 Å². The lowest BCUT2D eigenvalue weighted by molar-refractivity contribution is 0.0635. The van der Waals surface area contributed by atoms with Gasteiger partial charge in [0.05, 0.1) is 17.1 Å². The Morgan fingerprint density at radius 3 is 2.54 bits per heavy atom. The summed E-state index contributed by atoms with van der Waals surface area (Å²) in [7, 11) is 0. The van der Waals surface area contributed by atoms with Crippen LogP contribution in [0.15, 0.2) is 30.5 Å². The molecule has 0 aromatic carbocycles. The Morgan fingerprint density at radius 2 is 1.91 bits per heavy atom. The van der Waals surface area contributed by atoms with E-state index < -0.39 is 23.9 Å². The smallest absolute Gasteiger partial charge is 0.413 e. The number of hydrogen-bond acceptors (Lipinski definition) is 8. The second-order valence-corrected chi connectivity index (χ2v) is 8.97. The molecule has 2 N–H and O–H groups in total. The first-order valence-electron chi connectivity index (χ1n) is 11.0. The first-order chi connectivity index (χ1) is 16.5. The Bertz CT molecular complexity index is 1220. The summed E-state index contributed by atoms with van der Waals surface area (Å²) in [6.45, 7) is 11.1. The molecule has 3 heterocycles. The third-order valence-electron chi connectivity index (χ3n) is 4.73. The molecule has 0 fully saturated rings. The van der Waals surface area contributed by atoms with Gasteiger partial charge in [0.15, 0.2) is 11.5 Å². The molecule has 3 rings (SSSR count). The predicted octanol–water partition coefficient (Wildman–Crippen LogP) is 5.37. The number of carbonyl (C=O) groups is 2. The normalized spacial score (nSPS) is 12.1. The zero-order chi connectivity index (χ0) is 25.8. The van der Waals surface area contributed by atoms with Crippen LogP contribution in [0.4, 0.5) is 21.1 Å². The van der Waals surface area contributed by atoms with Crippen molar-refractivity contribution in [2.45, 2.75) is 59.8 Å². The van der Waals surface area contributed by atoms with Crippen molar-refractivity contribution in [1.29, 1.82) is 0 Å². The Balaban J connectivity index is 1.79. The number of aryl methyl sites for hydroxylation is 2. The summed E-state index contributed by atoms with van der Waals surface area (Å²) in [5.41, 5.74) is 1.78. The first-order valence-corrected chi connectivity index (χ1v) is 11.4. The summed E-state index contributed by atoms with van der Waals surface area (Å²) in [4.78, 5) is 33.3. The van der Waals surface area contributed by atoms with Crippen LogP contribution in [0, 0.1) is 6.92 Å². The lowest BCUT2D eigenvalue weighted by Crippen LogP contribution is -2.27. The van der Waals surface area contributed by atoms with Crippen LogP contribution in [0.1, 0.15) is 52.0 Å². The molecule has 12 heteroatoms. The molecule has 0 saturated carbocycles. The number of carbonyl (C=O) groups excluding carboxylic acids is 2. The molecule has 0 aliphatic rings. The molecule has 0 bridgehead atoms. The fourth-order valence-corrected chi connectivity index (χ4v) is 3.39. The summed E-state index contributed by atoms with van der Waals surface area (Å²) in [6.07, 6.45) is -0.376. The molecule has 0 saturated heterocycles. The molecule has 186 valence electrons. The molecule has 0 aliphatic carbocycles. The van der Waals surface area contributed by atoms with Gasteiger partial charge in [0.2, 0.25) is 0 Å². The zero-order valence-corrected chi connectivity index (χ0v) is 21.2. The number of halogens is 1. The van der Waals surface area contributed by atoms with Gasteiger partial charge < -0.3 is 9.47 Å². The van der Waals surface area contributed by atoms with Crippen LogP contribution in [0.2, 0.25) is 5.15 Å². The van der Waals surface area contributed by atoms with Crippen LogP contribution >= 0.6 is 11.6 Å². The standard InChI is InChI=1S/C23H28ClN7O4/c1-7-31-20(28-21(32)34-14(3)15-9-8-12-25-19(15)24)18(29-30-31)17-11-10-16(13(2)26-17)27-22(33)35-23(4,5)6/h8-12,14H,7H2,1-6H3,(H,27,33)(H,28,32)/t14-/m1/s1. The van der Waals surface area contributed by atoms with Crippen LogP contribution in [-0.4, -0.2) is 42.7 Å². The molecular formula is C23H28ClN7O4. The van der Waals surface area contributed by atoms with Crippen molar-refractivity contribution in [1.82, 2.24) is 25.0 Å². The van der Waals surface area contributed by atoms with E-state index in [-0.39, 0.29) is 5.15 Å². The Morgan fingerprint density at radius 1 is 1.17 bits per heavy atom. The predicted molar refractivity (Wildman–Crippen MR) is 131 cm³/mol. The maximum Gasteiger partial charge on any atom is 0.413 e. The molecule has 3 aromatic heterocycles. The largest absolute Gasteiger partial charge is 0.444 e. The van der Waals surface area contributed by atoms with Gasteiger partial charge in [-0.15, -0.1) is 5.10 Å². The van der Waals surface area contributed by atoms with Crippen molar-refractivity contribution in [2.75, 3.05) is 10.6 Å². The molecule has 0 radical (unpaired) electrons. The number of ether oxygens (including phenoxy) is 2. The maximum atomic E-state index is 12.7. The number of amides is 2. The topological polar surface area (TPSA) is 133 Å². The lowest BCUT2D eigenvalue weighted by Gasteiger charge is -2.20. The molecular weight excluding hydrogens is 474 g/mol. The molecule has 0 aliphatic heterocycles. The number of pyridine rings is 2. The summed E-state index contributed by atoms with van der Waals surface area (Å²) in [5, 5.41) is 13.9. The Labute approximate surface area is 208 Å². The van der Waals surface area contributed by atoms with Crippen molar-refractivity contribution >= 4 is 35.3 Å². The summed E-state index contributed by atoms with van der Waals surface area (Å²) in [6, 6.07) is 6.79. The highest BCUT2D eigenvalue weighted by Gasteiger charge is 2.22. The van der Waals surface area contributed by atoms with Crippen LogP contribution < -0.4 is 10.6 Å². The summed E-state index contributed by atoms with van der Waals surface area (Å²) in [5.74, 6) is 0.321. The van der Waals surface area contributed by atoms with Crippen LogP contribution in [0.5, 0.6) is 0 Å². The molecule has 0 spiro atoms. The minimum atomic E-state index is -0.712. The van der Waals surface area contributed by atoms with E-state index in [9.17, 15) is 9.59 Å². The number of rotatable bonds is 6. The van der Waals surface area contributed by atoms with Crippen LogP contribution in [-0.2, 0) is 16.0 Å². The minimum Gasteiger partial charge on any atom is -0.444 e. The number of nitrogens with one attached hydrogen (secondary N) is 2. The van der Waals surface area contributed by atoms with Gasteiger partial charge in [0, 0.05) is 18.3 Å². The van der Waals surface area contributed by atoms with Crippen molar-refractivity contribution in [3.63, 3.8) is 0 Å². The molecule has 11 nitrogen and oxygen atoms in total. The summed E-state index contributed by atoms with van der Waals surface area (Å²) < 4.78 is 12.3. The van der Waals surface area contributed by atoms with Crippen molar-refractivity contribution in [2.24, 2.45) is 0 Å². The van der Waals surface area contributed by atoms with Crippen molar-refractivity contribution in [3.05, 3.63) is 46.9 Å². The monoisotopic (exact) mass is 501 g/mol. The van der Waals surface area contributed by atoms with E-state index in [1.54, 1.807) is 65.1 Å². The second-order valence-electron chi connectivity index (χ2n) is 8.61. The number of hydrogen-bond donors (Lipinski definition) is 2. The van der Waals surface area contributed by atoms with Gasteiger partial charge in [-0.3, -0.25) is 10.6 Å². The van der Waals surface area contributed by atoms with E-state index in [2.05, 4.69) is 30.9 Å². The number of aromatic nitrogens is 5. The highest BCUT2D eigenvalue weighted by Crippen LogP contribution is 2.28. The van der Waals surface area contributed by atoms with Crippen LogP contribution in [0.25, 0.3) is 11.4 Å². The Kier molecular flexibility index (Phi) is 7.90. The zero-order valence-electron chi connectivity index (χ0n) is 20.4. The summed E-state index contributed by atoms with van der Waals surface area (Å²) >= 11 is 6.10. The first kappa shape index (κ1) is 25.9. The third kappa shape index (κ3) is 6.66. The van der Waals surface area contributed by atoms with Gasteiger partial charge in [-0.25, -0.2) is 24.2 Å². The van der Waals surface area contributed by atoms with E-state index in [1.807, 2.05) is 6.92 Å². The average molecular weight is 502 g/mol. The van der Waals surface area contributed by atoms with E-state index in [1.165, 1.54) is 4.68 Å². The van der Waals surface area contributed by atoms with E-state index in [0.717, 1.165) is 0 Å². The second kappa shape index (κ2) is 10.7. The van der Waals surface area contributed by atoms with E-state index >= 15 is 0 Å². The molecule has 3 aromatic rings. The van der Waals surface area contributed by atoms with E-state index in [0.29, 0.717) is 40.7 Å². The third-order valence-corrected chi connectivity index (χ3v) is 5.04. The van der Waals surface area contributed by atoms with E-state index in [4.69, 9.17) is 21.1 Å². The van der Waals surface area contributed by atoms with Gasteiger partial charge in [-0.1, -0.05) is 22.9 Å². The maximum absolute atomic E-state index is 12.7. The van der Waals surface area contributed by atoms with Crippen molar-refractivity contribution < 1.29 is 19.1 Å². The molecule has 35 heavy (non-hydrogen) atoms. The average Bonchev–Trinajstić information content (AvgIpc) is 3.16. The van der Waals surface area contributed by atoms with Gasteiger partial charge >= 0.3 is 12.2 Å². The number of nitrogens with zero attached hydrogens (tertiary/aromatic N) is 5. The quantitative estimate of drug-likeness (QED) is 0.430. The number of anilines is 2. The fourth-order valence-electron chi connectivity index (χ4n) is 3.12. The van der Waals surface area contributed by atoms with Crippen LogP contribution in [0.3, 0.4) is 0 Å². The Hall–Kier alpha value is -3.73. The highest BCUT2D eigenvalue weighted by atomic mass is 35.5. The lowest BCUT2D eigenvalue weighted by atomic mass is 10.2. The minimum absolute atomic E-state index is 0.258. The van der Waals surface area contributed by atoms with Gasteiger partial charge in [0.25, 0.3) is 0 Å². The highest BCUT2D eigenvalue weighted by molar-refractivity contribution is 6.30. The fraction of sp³-hybridized carbons (Fsp3) is 0.391. The van der Waals surface area contributed by atoms with Crippen molar-refractivity contribution in [3.8, 4) is 11.4 Å². The molecule has 1 atom stereocenters. The molecule has 0 unspecified atom stereocenters. The van der Waals surface area contributed by atoms with Gasteiger partial charge in [0.1, 0.15) is 16.9 Å². The SMILES string of the molecule is CCn1nnc(-c2ccc(NC(=O)OC(C)(C)C)c(C)n2)c1NC(=O)O[C@H](C)c1cccnc1Cl. The van der Waals surface area contributed by atoms with Gasteiger partial charge in [-0.2, -0.15) is 0 Å².